The van der Waals surface area contributed by atoms with Gasteiger partial charge in [-0.25, -0.2) is 4.79 Å². The average Bonchev–Trinajstić information content (AvgIpc) is 2.12. The van der Waals surface area contributed by atoms with Gasteiger partial charge in [0.05, 0.1) is 6.10 Å². The van der Waals surface area contributed by atoms with Crippen molar-refractivity contribution in [1.82, 2.24) is 0 Å². The summed E-state index contributed by atoms with van der Waals surface area (Å²) in [6.07, 6.45) is -0.135. The Morgan fingerprint density at radius 3 is 2.69 bits per heavy atom. The predicted octanol–water partition coefficient (Wildman–Crippen LogP) is 2.36. The highest BCUT2D eigenvalue weighted by atomic mass is 79.9. The normalized spacial score (nSPS) is 10.2. The standard InChI is InChI=1S/C11H14BrNO3/c1-7(2)16-11(14)6-15-10-4-8(12)3-9(13)5-10/h3-5,7H,6,13H2,1-2H3. The van der Waals surface area contributed by atoms with Gasteiger partial charge in [-0.15, -0.1) is 0 Å². The number of esters is 1. The molecule has 4 nitrogen and oxygen atoms in total. The van der Waals surface area contributed by atoms with Crippen molar-refractivity contribution < 1.29 is 14.3 Å². The van der Waals surface area contributed by atoms with Crippen LogP contribution >= 0.6 is 15.9 Å². The summed E-state index contributed by atoms with van der Waals surface area (Å²) in [5.41, 5.74) is 6.19. The Morgan fingerprint density at radius 2 is 2.12 bits per heavy atom. The summed E-state index contributed by atoms with van der Waals surface area (Å²) in [7, 11) is 0. The van der Waals surface area contributed by atoms with E-state index >= 15 is 0 Å². The van der Waals surface area contributed by atoms with E-state index in [1.807, 2.05) is 0 Å². The highest BCUT2D eigenvalue weighted by Gasteiger charge is 2.07. The molecule has 0 bridgehead atoms. The first-order valence-corrected chi connectivity index (χ1v) is 5.65. The minimum atomic E-state index is -0.395. The number of anilines is 1. The Labute approximate surface area is 103 Å². The maximum Gasteiger partial charge on any atom is 0.344 e. The van der Waals surface area contributed by atoms with Crippen molar-refractivity contribution in [2.24, 2.45) is 0 Å². The van der Waals surface area contributed by atoms with Crippen LogP contribution < -0.4 is 10.5 Å². The first-order valence-electron chi connectivity index (χ1n) is 4.85. The number of nitrogen functional groups attached to an aromatic ring is 1. The van der Waals surface area contributed by atoms with Crippen molar-refractivity contribution in [2.45, 2.75) is 20.0 Å². The third kappa shape index (κ3) is 4.53. The Morgan fingerprint density at radius 1 is 1.44 bits per heavy atom. The van der Waals surface area contributed by atoms with E-state index < -0.39 is 5.97 Å². The number of ether oxygens (including phenoxy) is 2. The zero-order valence-corrected chi connectivity index (χ0v) is 10.8. The van der Waals surface area contributed by atoms with Crippen molar-refractivity contribution in [3.05, 3.63) is 22.7 Å². The first-order chi connectivity index (χ1) is 7.47. The lowest BCUT2D eigenvalue weighted by molar-refractivity contribution is -0.149. The number of carbonyl (C=O) groups is 1. The molecule has 0 aromatic heterocycles. The van der Waals surface area contributed by atoms with Crippen LogP contribution in [0, 0.1) is 0 Å². The second-order valence-electron chi connectivity index (χ2n) is 3.55. The zero-order valence-electron chi connectivity index (χ0n) is 9.20. The summed E-state index contributed by atoms with van der Waals surface area (Å²) < 4.78 is 11.0. The van der Waals surface area contributed by atoms with Gasteiger partial charge in [-0.1, -0.05) is 15.9 Å². The number of benzene rings is 1. The van der Waals surface area contributed by atoms with Crippen LogP contribution in [0.5, 0.6) is 5.75 Å². The molecule has 5 heteroatoms. The number of hydrogen-bond acceptors (Lipinski definition) is 4. The van der Waals surface area contributed by atoms with E-state index in [0.29, 0.717) is 11.4 Å². The van der Waals surface area contributed by atoms with Gasteiger partial charge in [0.1, 0.15) is 5.75 Å². The summed E-state index contributed by atoms with van der Waals surface area (Å²) in [4.78, 5) is 11.2. The number of halogens is 1. The van der Waals surface area contributed by atoms with E-state index in [4.69, 9.17) is 15.2 Å². The largest absolute Gasteiger partial charge is 0.482 e. The molecular weight excluding hydrogens is 274 g/mol. The SMILES string of the molecule is CC(C)OC(=O)COc1cc(N)cc(Br)c1. The Balaban J connectivity index is 2.51. The number of carbonyl (C=O) groups excluding carboxylic acids is 1. The van der Waals surface area contributed by atoms with Gasteiger partial charge in [-0.05, 0) is 26.0 Å². The molecule has 1 aromatic rings. The van der Waals surface area contributed by atoms with Crippen LogP contribution in [0.3, 0.4) is 0 Å². The maximum absolute atomic E-state index is 11.2. The molecule has 0 fully saturated rings. The lowest BCUT2D eigenvalue weighted by atomic mass is 10.3. The topological polar surface area (TPSA) is 61.5 Å². The molecule has 0 heterocycles. The monoisotopic (exact) mass is 287 g/mol. The fraction of sp³-hybridized carbons (Fsp3) is 0.364. The van der Waals surface area contributed by atoms with Crippen molar-refractivity contribution >= 4 is 27.6 Å². The van der Waals surface area contributed by atoms with E-state index in [1.165, 1.54) is 0 Å². The molecule has 0 unspecified atom stereocenters. The fourth-order valence-electron chi connectivity index (χ4n) is 1.11. The molecule has 2 N–H and O–H groups in total. The maximum atomic E-state index is 11.2. The van der Waals surface area contributed by atoms with E-state index in [2.05, 4.69) is 15.9 Å². The molecule has 0 aliphatic carbocycles. The molecule has 0 radical (unpaired) electrons. The predicted molar refractivity (Wildman–Crippen MR) is 65.3 cm³/mol. The summed E-state index contributed by atoms with van der Waals surface area (Å²) in [5.74, 6) is 0.140. The minimum Gasteiger partial charge on any atom is -0.482 e. The molecule has 0 atom stereocenters. The van der Waals surface area contributed by atoms with Crippen LogP contribution in [-0.2, 0) is 9.53 Å². The van der Waals surface area contributed by atoms with Crippen LogP contribution in [0.15, 0.2) is 22.7 Å². The fourth-order valence-corrected chi connectivity index (χ4v) is 1.60. The van der Waals surface area contributed by atoms with Gasteiger partial charge in [0.2, 0.25) is 0 Å². The molecule has 0 saturated carbocycles. The first kappa shape index (κ1) is 12.8. The van der Waals surface area contributed by atoms with Crippen LogP contribution in [0.25, 0.3) is 0 Å². The summed E-state index contributed by atoms with van der Waals surface area (Å²) in [6.45, 7) is 3.46. The van der Waals surface area contributed by atoms with Gasteiger partial charge in [0.25, 0.3) is 0 Å². The highest BCUT2D eigenvalue weighted by Crippen LogP contribution is 2.22. The zero-order chi connectivity index (χ0) is 12.1. The van der Waals surface area contributed by atoms with E-state index in [9.17, 15) is 4.79 Å². The molecule has 0 saturated heterocycles. The molecule has 16 heavy (non-hydrogen) atoms. The van der Waals surface area contributed by atoms with E-state index in [-0.39, 0.29) is 12.7 Å². The van der Waals surface area contributed by atoms with Gasteiger partial charge in [0, 0.05) is 16.2 Å². The van der Waals surface area contributed by atoms with Gasteiger partial charge in [0.15, 0.2) is 6.61 Å². The number of nitrogens with two attached hydrogens (primary N) is 1. The van der Waals surface area contributed by atoms with Gasteiger partial charge in [-0.3, -0.25) is 0 Å². The lowest BCUT2D eigenvalue weighted by Gasteiger charge is -2.09. The molecule has 0 aliphatic heterocycles. The van der Waals surface area contributed by atoms with Crippen LogP contribution in [0.4, 0.5) is 5.69 Å². The van der Waals surface area contributed by atoms with Crippen molar-refractivity contribution in [1.29, 1.82) is 0 Å². The van der Waals surface area contributed by atoms with E-state index in [0.717, 1.165) is 4.47 Å². The summed E-state index contributed by atoms with van der Waals surface area (Å²) >= 11 is 3.28. The molecule has 1 aromatic carbocycles. The van der Waals surface area contributed by atoms with Gasteiger partial charge < -0.3 is 15.2 Å². The van der Waals surface area contributed by atoms with Crippen LogP contribution in [0.1, 0.15) is 13.8 Å². The Hall–Kier alpha value is -1.23. The molecular formula is C11H14BrNO3. The summed E-state index contributed by atoms with van der Waals surface area (Å²) in [6, 6.07) is 5.13. The Kier molecular flexibility index (Phi) is 4.61. The number of rotatable bonds is 4. The second kappa shape index (κ2) is 5.75. The lowest BCUT2D eigenvalue weighted by Crippen LogP contribution is -2.18. The van der Waals surface area contributed by atoms with Gasteiger partial charge in [-0.2, -0.15) is 0 Å². The highest BCUT2D eigenvalue weighted by molar-refractivity contribution is 9.10. The van der Waals surface area contributed by atoms with Crippen molar-refractivity contribution in [2.75, 3.05) is 12.3 Å². The molecule has 88 valence electrons. The summed E-state index contributed by atoms with van der Waals surface area (Å²) in [5, 5.41) is 0. The molecule has 0 spiro atoms. The number of hydrogen-bond donors (Lipinski definition) is 1. The van der Waals surface area contributed by atoms with E-state index in [1.54, 1.807) is 32.0 Å². The smallest absolute Gasteiger partial charge is 0.344 e. The van der Waals surface area contributed by atoms with Crippen molar-refractivity contribution in [3.63, 3.8) is 0 Å². The third-order valence-corrected chi connectivity index (χ3v) is 2.08. The molecule has 1 rings (SSSR count). The molecule has 0 amide bonds. The quantitative estimate of drug-likeness (QED) is 0.682. The molecule has 0 aliphatic rings. The van der Waals surface area contributed by atoms with Crippen LogP contribution in [0.2, 0.25) is 0 Å². The third-order valence-electron chi connectivity index (χ3n) is 1.62. The van der Waals surface area contributed by atoms with Crippen molar-refractivity contribution in [3.8, 4) is 5.75 Å². The Bertz CT molecular complexity index is 359. The minimum absolute atomic E-state index is 0.117. The van der Waals surface area contributed by atoms with Crippen LogP contribution in [-0.4, -0.2) is 18.7 Å². The average molecular weight is 288 g/mol. The van der Waals surface area contributed by atoms with Gasteiger partial charge >= 0.3 is 5.97 Å². The second-order valence-corrected chi connectivity index (χ2v) is 4.46.